The number of hydrogen-bond acceptors (Lipinski definition) is 4. The Morgan fingerprint density at radius 1 is 1.00 bits per heavy atom. The zero-order valence-electron chi connectivity index (χ0n) is 12.8. The molecule has 2 rings (SSSR count). The maximum absolute atomic E-state index is 11.5. The summed E-state index contributed by atoms with van der Waals surface area (Å²) in [4.78, 5) is 11.5. The van der Waals surface area contributed by atoms with Gasteiger partial charge in [-0.05, 0) is 36.8 Å². The molecule has 116 valence electrons. The van der Waals surface area contributed by atoms with Gasteiger partial charge in [0.15, 0.2) is 0 Å². The molecule has 4 heteroatoms. The fraction of sp³-hybridized carbons (Fsp3) is 0.278. The Hall–Kier alpha value is -2.33. The Kier molecular flexibility index (Phi) is 6.45. The predicted molar refractivity (Wildman–Crippen MR) is 89.0 cm³/mol. The number of benzene rings is 2. The van der Waals surface area contributed by atoms with Crippen molar-refractivity contribution in [3.63, 3.8) is 0 Å². The second-order valence-corrected chi connectivity index (χ2v) is 4.89. The first-order valence-electron chi connectivity index (χ1n) is 7.55. The Morgan fingerprint density at radius 2 is 1.73 bits per heavy atom. The third-order valence-electron chi connectivity index (χ3n) is 3.20. The van der Waals surface area contributed by atoms with E-state index in [-0.39, 0.29) is 5.97 Å². The van der Waals surface area contributed by atoms with Gasteiger partial charge >= 0.3 is 5.97 Å². The summed E-state index contributed by atoms with van der Waals surface area (Å²) in [7, 11) is 0. The van der Waals surface area contributed by atoms with Gasteiger partial charge in [0.1, 0.15) is 0 Å². The van der Waals surface area contributed by atoms with Crippen molar-refractivity contribution in [1.29, 1.82) is 0 Å². The molecule has 0 aliphatic rings. The molecule has 0 amide bonds. The summed E-state index contributed by atoms with van der Waals surface area (Å²) in [6.45, 7) is 4.76. The number of hydrogen-bond donors (Lipinski definition) is 2. The normalized spacial score (nSPS) is 10.2. The number of nitrogens with one attached hydrogen (secondary N) is 2. The molecule has 0 saturated heterocycles. The molecule has 0 radical (unpaired) electrons. The molecule has 4 nitrogen and oxygen atoms in total. The molecule has 0 saturated carbocycles. The Bertz CT molecular complexity index is 567. The molecule has 2 aromatic carbocycles. The molecule has 0 fully saturated rings. The van der Waals surface area contributed by atoms with E-state index in [0.29, 0.717) is 12.2 Å². The molecule has 0 aliphatic carbocycles. The molecule has 0 aromatic heterocycles. The van der Waals surface area contributed by atoms with E-state index in [1.54, 1.807) is 19.1 Å². The maximum atomic E-state index is 11.5. The molecule has 2 N–H and O–H groups in total. The van der Waals surface area contributed by atoms with Gasteiger partial charge in [-0.15, -0.1) is 0 Å². The third kappa shape index (κ3) is 5.22. The molecular weight excluding hydrogens is 276 g/mol. The van der Waals surface area contributed by atoms with Gasteiger partial charge in [-0.1, -0.05) is 30.3 Å². The Labute approximate surface area is 131 Å². The lowest BCUT2D eigenvalue weighted by Gasteiger charge is -2.08. The van der Waals surface area contributed by atoms with Crippen molar-refractivity contribution in [2.45, 2.75) is 13.5 Å². The summed E-state index contributed by atoms with van der Waals surface area (Å²) in [5, 5.41) is 6.70. The minimum atomic E-state index is -0.279. The predicted octanol–water partition coefficient (Wildman–Crippen LogP) is 3.07. The summed E-state index contributed by atoms with van der Waals surface area (Å²) in [5.41, 5.74) is 2.85. The van der Waals surface area contributed by atoms with Crippen molar-refractivity contribution in [3.05, 3.63) is 65.7 Å². The van der Waals surface area contributed by atoms with E-state index in [0.717, 1.165) is 25.3 Å². The largest absolute Gasteiger partial charge is 0.462 e. The molecule has 2 aromatic rings. The van der Waals surface area contributed by atoms with Gasteiger partial charge < -0.3 is 15.4 Å². The van der Waals surface area contributed by atoms with Crippen LogP contribution in [0.2, 0.25) is 0 Å². The second kappa shape index (κ2) is 8.85. The quantitative estimate of drug-likeness (QED) is 0.581. The first-order valence-corrected chi connectivity index (χ1v) is 7.55. The Morgan fingerprint density at radius 3 is 2.41 bits per heavy atom. The van der Waals surface area contributed by atoms with Crippen LogP contribution in [-0.2, 0) is 11.3 Å². The number of anilines is 1. The summed E-state index contributed by atoms with van der Waals surface area (Å²) in [6, 6.07) is 17.6. The maximum Gasteiger partial charge on any atom is 0.338 e. The fourth-order valence-corrected chi connectivity index (χ4v) is 2.06. The van der Waals surface area contributed by atoms with Crippen LogP contribution in [-0.4, -0.2) is 25.7 Å². The van der Waals surface area contributed by atoms with Gasteiger partial charge in [-0.25, -0.2) is 4.79 Å². The van der Waals surface area contributed by atoms with E-state index in [1.165, 1.54) is 5.56 Å². The van der Waals surface area contributed by atoms with E-state index in [4.69, 9.17) is 4.74 Å². The molecular formula is C18H22N2O2. The van der Waals surface area contributed by atoms with Gasteiger partial charge in [-0.2, -0.15) is 0 Å². The molecule has 0 atom stereocenters. The highest BCUT2D eigenvalue weighted by atomic mass is 16.5. The zero-order chi connectivity index (χ0) is 15.6. The smallest absolute Gasteiger partial charge is 0.338 e. The van der Waals surface area contributed by atoms with E-state index in [1.807, 2.05) is 30.3 Å². The number of rotatable bonds is 8. The average Bonchev–Trinajstić information content (AvgIpc) is 2.56. The lowest BCUT2D eigenvalue weighted by molar-refractivity contribution is 0.0526. The summed E-state index contributed by atoms with van der Waals surface area (Å²) >= 11 is 0. The van der Waals surface area contributed by atoms with Gasteiger partial charge in [0.2, 0.25) is 0 Å². The van der Waals surface area contributed by atoms with Crippen LogP contribution < -0.4 is 10.6 Å². The van der Waals surface area contributed by atoms with Crippen LogP contribution in [0.4, 0.5) is 5.69 Å². The van der Waals surface area contributed by atoms with Crippen LogP contribution in [0.1, 0.15) is 22.8 Å². The van der Waals surface area contributed by atoms with Crippen molar-refractivity contribution >= 4 is 11.7 Å². The summed E-state index contributed by atoms with van der Waals surface area (Å²) < 4.78 is 4.95. The number of esters is 1. The van der Waals surface area contributed by atoms with Gasteiger partial charge in [0.25, 0.3) is 0 Å². The first-order chi connectivity index (χ1) is 10.8. The molecule has 22 heavy (non-hydrogen) atoms. The van der Waals surface area contributed by atoms with Crippen molar-refractivity contribution < 1.29 is 9.53 Å². The summed E-state index contributed by atoms with van der Waals surface area (Å²) in [5.74, 6) is -0.279. The van der Waals surface area contributed by atoms with Crippen LogP contribution in [0, 0.1) is 0 Å². The SMILES string of the molecule is CCOC(=O)c1ccc(NCCNCc2ccccc2)cc1. The van der Waals surface area contributed by atoms with Crippen LogP contribution in [0.3, 0.4) is 0 Å². The first kappa shape index (κ1) is 16.0. The molecule has 0 bridgehead atoms. The van der Waals surface area contributed by atoms with Crippen molar-refractivity contribution in [1.82, 2.24) is 5.32 Å². The van der Waals surface area contributed by atoms with Crippen molar-refractivity contribution in [3.8, 4) is 0 Å². The van der Waals surface area contributed by atoms with Gasteiger partial charge in [-0.3, -0.25) is 0 Å². The molecule has 0 unspecified atom stereocenters. The fourth-order valence-electron chi connectivity index (χ4n) is 2.06. The summed E-state index contributed by atoms with van der Waals surface area (Å²) in [6.07, 6.45) is 0. The minimum absolute atomic E-state index is 0.279. The van der Waals surface area contributed by atoms with Gasteiger partial charge in [0.05, 0.1) is 12.2 Å². The topological polar surface area (TPSA) is 50.4 Å². The highest BCUT2D eigenvalue weighted by Gasteiger charge is 2.05. The van der Waals surface area contributed by atoms with E-state index in [2.05, 4.69) is 22.8 Å². The zero-order valence-corrected chi connectivity index (χ0v) is 12.8. The molecule has 0 aliphatic heterocycles. The number of carbonyl (C=O) groups is 1. The van der Waals surface area contributed by atoms with Crippen molar-refractivity contribution in [2.24, 2.45) is 0 Å². The van der Waals surface area contributed by atoms with Gasteiger partial charge in [0, 0.05) is 25.3 Å². The Balaban J connectivity index is 1.68. The highest BCUT2D eigenvalue weighted by molar-refractivity contribution is 5.89. The minimum Gasteiger partial charge on any atom is -0.462 e. The van der Waals surface area contributed by atoms with Crippen LogP contribution in [0.5, 0.6) is 0 Å². The lowest BCUT2D eigenvalue weighted by atomic mass is 10.2. The van der Waals surface area contributed by atoms with E-state index in [9.17, 15) is 4.79 Å². The number of carbonyl (C=O) groups excluding carboxylic acids is 1. The molecule has 0 heterocycles. The third-order valence-corrected chi connectivity index (χ3v) is 3.20. The van der Waals surface area contributed by atoms with Crippen LogP contribution >= 0.6 is 0 Å². The highest BCUT2D eigenvalue weighted by Crippen LogP contribution is 2.10. The van der Waals surface area contributed by atoms with E-state index < -0.39 is 0 Å². The average molecular weight is 298 g/mol. The molecule has 0 spiro atoms. The van der Waals surface area contributed by atoms with Crippen LogP contribution in [0.15, 0.2) is 54.6 Å². The van der Waals surface area contributed by atoms with Crippen molar-refractivity contribution in [2.75, 3.05) is 25.0 Å². The number of ether oxygens (including phenoxy) is 1. The lowest BCUT2D eigenvalue weighted by Crippen LogP contribution is -2.21. The standard InChI is InChI=1S/C18H22N2O2/c1-2-22-18(21)16-8-10-17(11-9-16)20-13-12-19-14-15-6-4-3-5-7-15/h3-11,19-20H,2,12-14H2,1H3. The van der Waals surface area contributed by atoms with Crippen LogP contribution in [0.25, 0.3) is 0 Å². The second-order valence-electron chi connectivity index (χ2n) is 4.89. The van der Waals surface area contributed by atoms with E-state index >= 15 is 0 Å². The monoisotopic (exact) mass is 298 g/mol.